The van der Waals surface area contributed by atoms with Gasteiger partial charge in [-0.15, -0.1) is 0 Å². The first-order valence-electron chi connectivity index (χ1n) is 7.39. The molecule has 1 fully saturated rings. The minimum Gasteiger partial charge on any atom is -0.383 e. The fourth-order valence-corrected chi connectivity index (χ4v) is 2.87. The average molecular weight is 292 g/mol. The quantitative estimate of drug-likeness (QED) is 0.799. The minimum atomic E-state index is -0.239. The number of rotatable bonds is 6. The van der Waals surface area contributed by atoms with Crippen LogP contribution in [0, 0.1) is 5.82 Å². The van der Waals surface area contributed by atoms with Gasteiger partial charge in [-0.2, -0.15) is 0 Å². The number of aromatic nitrogens is 2. The molecule has 0 saturated carbocycles. The summed E-state index contributed by atoms with van der Waals surface area (Å²) in [5, 5.41) is 3.40. The zero-order chi connectivity index (χ0) is 14.7. The van der Waals surface area contributed by atoms with Crippen molar-refractivity contribution in [2.75, 3.05) is 38.3 Å². The van der Waals surface area contributed by atoms with Crippen LogP contribution in [0.5, 0.6) is 0 Å². The maximum atomic E-state index is 13.3. The van der Waals surface area contributed by atoms with E-state index >= 15 is 0 Å². The molecule has 1 aliphatic heterocycles. The van der Waals surface area contributed by atoms with Crippen molar-refractivity contribution in [2.45, 2.75) is 18.9 Å². The third-order valence-electron chi connectivity index (χ3n) is 3.94. The number of halogens is 1. The Balaban J connectivity index is 1.70. The van der Waals surface area contributed by atoms with Gasteiger partial charge in [-0.3, -0.25) is 0 Å². The summed E-state index contributed by atoms with van der Waals surface area (Å²) in [5.41, 5.74) is 1.56. The number of hydrogen-bond donors (Lipinski definition) is 2. The molecular weight excluding hydrogens is 271 g/mol. The Kier molecular flexibility index (Phi) is 4.36. The van der Waals surface area contributed by atoms with Gasteiger partial charge < -0.3 is 19.9 Å². The molecule has 5 nitrogen and oxygen atoms in total. The highest BCUT2D eigenvalue weighted by Crippen LogP contribution is 2.25. The molecule has 1 atom stereocenters. The fraction of sp³-hybridized carbons (Fsp3) is 0.533. The van der Waals surface area contributed by atoms with E-state index in [1.165, 1.54) is 12.1 Å². The lowest BCUT2D eigenvalue weighted by Gasteiger charge is -2.24. The third-order valence-corrected chi connectivity index (χ3v) is 3.94. The molecule has 0 radical (unpaired) electrons. The van der Waals surface area contributed by atoms with Crippen LogP contribution in [-0.4, -0.2) is 49.4 Å². The Morgan fingerprint density at radius 1 is 1.52 bits per heavy atom. The normalized spacial score (nSPS) is 18.8. The lowest BCUT2D eigenvalue weighted by atomic mass is 10.2. The Labute approximate surface area is 123 Å². The van der Waals surface area contributed by atoms with Gasteiger partial charge in [-0.05, 0) is 31.0 Å². The molecule has 2 heterocycles. The molecule has 1 unspecified atom stereocenters. The molecule has 3 rings (SSSR count). The summed E-state index contributed by atoms with van der Waals surface area (Å²) in [6, 6.07) is 5.08. The van der Waals surface area contributed by atoms with E-state index in [0.717, 1.165) is 56.1 Å². The molecule has 1 saturated heterocycles. The molecule has 0 aliphatic carbocycles. The number of nitrogens with one attached hydrogen (secondary N) is 2. The van der Waals surface area contributed by atoms with Crippen LogP contribution in [-0.2, 0) is 4.74 Å². The third kappa shape index (κ3) is 3.16. The highest BCUT2D eigenvalue weighted by atomic mass is 19.1. The molecule has 0 bridgehead atoms. The number of benzene rings is 1. The summed E-state index contributed by atoms with van der Waals surface area (Å²) < 4.78 is 18.3. The number of aromatic amines is 1. The lowest BCUT2D eigenvalue weighted by molar-refractivity contribution is 0.199. The molecule has 2 N–H and O–H groups in total. The van der Waals surface area contributed by atoms with Gasteiger partial charge in [0.25, 0.3) is 0 Å². The van der Waals surface area contributed by atoms with Crippen LogP contribution in [0.3, 0.4) is 0 Å². The van der Waals surface area contributed by atoms with Gasteiger partial charge in [-0.25, -0.2) is 9.37 Å². The van der Waals surface area contributed by atoms with Crippen molar-refractivity contribution in [2.24, 2.45) is 0 Å². The maximum absolute atomic E-state index is 13.3. The summed E-state index contributed by atoms with van der Waals surface area (Å²) >= 11 is 0. The Bertz CT molecular complexity index is 600. The van der Waals surface area contributed by atoms with Crippen molar-refractivity contribution in [3.05, 3.63) is 24.0 Å². The average Bonchev–Trinajstić information content (AvgIpc) is 3.08. The first-order chi connectivity index (χ1) is 10.3. The number of methoxy groups -OCH3 is 1. The van der Waals surface area contributed by atoms with Crippen LogP contribution in [0.2, 0.25) is 0 Å². The van der Waals surface area contributed by atoms with Crippen LogP contribution in [0.1, 0.15) is 12.8 Å². The van der Waals surface area contributed by atoms with Gasteiger partial charge in [0, 0.05) is 32.8 Å². The van der Waals surface area contributed by atoms with E-state index in [2.05, 4.69) is 20.2 Å². The molecule has 2 aromatic rings. The van der Waals surface area contributed by atoms with Crippen LogP contribution < -0.4 is 10.2 Å². The number of H-pyrrole nitrogens is 1. The van der Waals surface area contributed by atoms with Crippen LogP contribution in [0.15, 0.2) is 18.2 Å². The van der Waals surface area contributed by atoms with E-state index in [9.17, 15) is 4.39 Å². The van der Waals surface area contributed by atoms with E-state index in [-0.39, 0.29) is 5.82 Å². The maximum Gasteiger partial charge on any atom is 0.204 e. The first kappa shape index (κ1) is 14.3. The standard InChI is InChI=1S/C15H21FN4O/c1-21-8-6-17-10-12-3-2-7-20(12)15-18-13-5-4-11(16)9-14(13)19-15/h4-5,9,12,17H,2-3,6-8,10H2,1H3,(H,18,19). The Hall–Kier alpha value is -1.66. The zero-order valence-electron chi connectivity index (χ0n) is 12.2. The van der Waals surface area contributed by atoms with E-state index in [1.807, 2.05) is 0 Å². The highest BCUT2D eigenvalue weighted by molar-refractivity contribution is 5.77. The van der Waals surface area contributed by atoms with Crippen molar-refractivity contribution >= 4 is 17.0 Å². The first-order valence-corrected chi connectivity index (χ1v) is 7.39. The SMILES string of the molecule is COCCNCC1CCCN1c1nc2ccc(F)cc2[nH]1. The van der Waals surface area contributed by atoms with Crippen molar-refractivity contribution in [3.63, 3.8) is 0 Å². The Morgan fingerprint density at radius 2 is 2.43 bits per heavy atom. The van der Waals surface area contributed by atoms with Crippen LogP contribution in [0.25, 0.3) is 11.0 Å². The molecule has 21 heavy (non-hydrogen) atoms. The monoisotopic (exact) mass is 292 g/mol. The van der Waals surface area contributed by atoms with Gasteiger partial charge in [0.05, 0.1) is 17.6 Å². The molecule has 0 amide bonds. The summed E-state index contributed by atoms with van der Waals surface area (Å²) in [7, 11) is 1.71. The summed E-state index contributed by atoms with van der Waals surface area (Å²) in [6.07, 6.45) is 2.30. The number of hydrogen-bond acceptors (Lipinski definition) is 4. The number of imidazole rings is 1. The van der Waals surface area contributed by atoms with Crippen molar-refractivity contribution in [1.29, 1.82) is 0 Å². The zero-order valence-corrected chi connectivity index (χ0v) is 12.2. The van der Waals surface area contributed by atoms with E-state index in [4.69, 9.17) is 4.74 Å². The fourth-order valence-electron chi connectivity index (χ4n) is 2.87. The molecule has 6 heteroatoms. The van der Waals surface area contributed by atoms with Gasteiger partial charge in [0.2, 0.25) is 5.95 Å². The summed E-state index contributed by atoms with van der Waals surface area (Å²) in [5.74, 6) is 0.601. The van der Waals surface area contributed by atoms with Gasteiger partial charge in [-0.1, -0.05) is 0 Å². The number of nitrogens with zero attached hydrogens (tertiary/aromatic N) is 2. The molecule has 0 spiro atoms. The predicted molar refractivity (Wildman–Crippen MR) is 81.2 cm³/mol. The lowest BCUT2D eigenvalue weighted by Crippen LogP contribution is -2.39. The number of fused-ring (bicyclic) bond motifs is 1. The minimum absolute atomic E-state index is 0.239. The molecule has 1 aliphatic rings. The van der Waals surface area contributed by atoms with E-state index < -0.39 is 0 Å². The summed E-state index contributed by atoms with van der Waals surface area (Å²) in [4.78, 5) is 10.1. The Morgan fingerprint density at radius 3 is 3.29 bits per heavy atom. The number of ether oxygens (including phenoxy) is 1. The van der Waals surface area contributed by atoms with Gasteiger partial charge in [0.15, 0.2) is 0 Å². The van der Waals surface area contributed by atoms with Crippen LogP contribution in [0.4, 0.5) is 10.3 Å². The predicted octanol–water partition coefficient (Wildman–Crippen LogP) is 1.91. The summed E-state index contributed by atoms with van der Waals surface area (Å²) in [6.45, 7) is 3.47. The van der Waals surface area contributed by atoms with Crippen molar-refractivity contribution < 1.29 is 9.13 Å². The van der Waals surface area contributed by atoms with Crippen molar-refractivity contribution in [1.82, 2.24) is 15.3 Å². The molecule has 1 aromatic carbocycles. The highest BCUT2D eigenvalue weighted by Gasteiger charge is 2.26. The smallest absolute Gasteiger partial charge is 0.204 e. The topological polar surface area (TPSA) is 53.2 Å². The number of anilines is 1. The van der Waals surface area contributed by atoms with Crippen molar-refractivity contribution in [3.8, 4) is 0 Å². The van der Waals surface area contributed by atoms with E-state index in [0.29, 0.717) is 6.04 Å². The molecule has 1 aromatic heterocycles. The largest absolute Gasteiger partial charge is 0.383 e. The molecule has 114 valence electrons. The van der Waals surface area contributed by atoms with E-state index in [1.54, 1.807) is 13.2 Å². The molecular formula is C15H21FN4O. The van der Waals surface area contributed by atoms with Gasteiger partial charge in [0.1, 0.15) is 5.82 Å². The second-order valence-corrected chi connectivity index (χ2v) is 5.41. The second-order valence-electron chi connectivity index (χ2n) is 5.41. The van der Waals surface area contributed by atoms with Gasteiger partial charge >= 0.3 is 0 Å². The second kappa shape index (κ2) is 6.41. The van der Waals surface area contributed by atoms with Crippen LogP contribution >= 0.6 is 0 Å².